The Morgan fingerprint density at radius 1 is 1.43 bits per heavy atom. The summed E-state index contributed by atoms with van der Waals surface area (Å²) < 4.78 is 5.51. The van der Waals surface area contributed by atoms with Crippen LogP contribution in [0.4, 0.5) is 0 Å². The minimum atomic E-state index is 0.244. The van der Waals surface area contributed by atoms with Crippen molar-refractivity contribution in [1.82, 2.24) is 4.98 Å². The minimum absolute atomic E-state index is 0.244. The molecule has 0 unspecified atom stereocenters. The molecule has 70 valence electrons. The molecular weight excluding hydrogens is 176 g/mol. The van der Waals surface area contributed by atoms with Crippen molar-refractivity contribution in [2.24, 2.45) is 0 Å². The molecule has 0 bridgehead atoms. The standard InChI is InChI=1S/C11H10N2O/c1-7(2)11-13-10-8(6-12)4-3-5-9(10)14-11/h3-5,7H,1-2H3. The molecule has 0 amide bonds. The maximum absolute atomic E-state index is 8.85. The number of hydrogen-bond donors (Lipinski definition) is 0. The van der Waals surface area contributed by atoms with Gasteiger partial charge in [-0.1, -0.05) is 19.9 Å². The molecule has 0 radical (unpaired) electrons. The second-order valence-corrected chi connectivity index (χ2v) is 3.47. The van der Waals surface area contributed by atoms with Gasteiger partial charge in [0.2, 0.25) is 0 Å². The van der Waals surface area contributed by atoms with Gasteiger partial charge in [-0.2, -0.15) is 5.26 Å². The predicted octanol–water partition coefficient (Wildman–Crippen LogP) is 2.82. The van der Waals surface area contributed by atoms with Gasteiger partial charge in [0.1, 0.15) is 11.6 Å². The van der Waals surface area contributed by atoms with Crippen molar-refractivity contribution in [3.63, 3.8) is 0 Å². The van der Waals surface area contributed by atoms with Crippen molar-refractivity contribution in [2.75, 3.05) is 0 Å². The van der Waals surface area contributed by atoms with E-state index in [9.17, 15) is 0 Å². The van der Waals surface area contributed by atoms with E-state index >= 15 is 0 Å². The largest absolute Gasteiger partial charge is 0.440 e. The first kappa shape index (κ1) is 8.76. The molecule has 1 aromatic heterocycles. The van der Waals surface area contributed by atoms with Gasteiger partial charge in [-0.3, -0.25) is 0 Å². The van der Waals surface area contributed by atoms with Crippen LogP contribution in [-0.2, 0) is 0 Å². The van der Waals surface area contributed by atoms with Crippen LogP contribution in [-0.4, -0.2) is 4.98 Å². The normalized spacial score (nSPS) is 10.7. The number of benzene rings is 1. The molecule has 0 saturated carbocycles. The zero-order valence-electron chi connectivity index (χ0n) is 8.11. The van der Waals surface area contributed by atoms with Crippen molar-refractivity contribution in [2.45, 2.75) is 19.8 Å². The molecule has 2 rings (SSSR count). The van der Waals surface area contributed by atoms with E-state index in [1.54, 1.807) is 12.1 Å². The van der Waals surface area contributed by atoms with Gasteiger partial charge < -0.3 is 4.42 Å². The number of nitrogens with zero attached hydrogens (tertiary/aromatic N) is 2. The molecule has 2 aromatic rings. The highest BCUT2D eigenvalue weighted by Crippen LogP contribution is 2.22. The summed E-state index contributed by atoms with van der Waals surface area (Å²) in [5.41, 5.74) is 1.92. The van der Waals surface area contributed by atoms with E-state index in [1.807, 2.05) is 19.9 Å². The monoisotopic (exact) mass is 186 g/mol. The molecule has 3 nitrogen and oxygen atoms in total. The number of nitriles is 1. The Bertz CT molecular complexity index is 505. The lowest BCUT2D eigenvalue weighted by atomic mass is 10.2. The zero-order valence-corrected chi connectivity index (χ0v) is 8.11. The van der Waals surface area contributed by atoms with Crippen molar-refractivity contribution in [1.29, 1.82) is 5.26 Å². The molecule has 1 heterocycles. The quantitative estimate of drug-likeness (QED) is 0.688. The van der Waals surface area contributed by atoms with Crippen molar-refractivity contribution in [3.8, 4) is 6.07 Å². The molecule has 0 aliphatic rings. The first-order chi connectivity index (χ1) is 6.72. The molecule has 0 spiro atoms. The van der Waals surface area contributed by atoms with E-state index in [2.05, 4.69) is 11.1 Å². The summed E-state index contributed by atoms with van der Waals surface area (Å²) in [6.07, 6.45) is 0. The maximum atomic E-state index is 8.85. The molecule has 1 aromatic carbocycles. The van der Waals surface area contributed by atoms with E-state index in [0.29, 0.717) is 22.6 Å². The van der Waals surface area contributed by atoms with Crippen LogP contribution in [0.25, 0.3) is 11.1 Å². The van der Waals surface area contributed by atoms with Crippen LogP contribution >= 0.6 is 0 Å². The van der Waals surface area contributed by atoms with Crippen LogP contribution in [0.15, 0.2) is 22.6 Å². The molecule has 0 fully saturated rings. The highest BCUT2D eigenvalue weighted by atomic mass is 16.3. The molecule has 3 heteroatoms. The lowest BCUT2D eigenvalue weighted by Crippen LogP contribution is -1.85. The van der Waals surface area contributed by atoms with Crippen molar-refractivity contribution >= 4 is 11.1 Å². The number of fused-ring (bicyclic) bond motifs is 1. The zero-order chi connectivity index (χ0) is 10.1. The fourth-order valence-electron chi connectivity index (χ4n) is 1.30. The SMILES string of the molecule is CC(C)c1nc2c(C#N)cccc2o1. The fraction of sp³-hybridized carbons (Fsp3) is 0.273. The Hall–Kier alpha value is -1.82. The molecule has 0 N–H and O–H groups in total. The fourth-order valence-corrected chi connectivity index (χ4v) is 1.30. The average Bonchev–Trinajstić information content (AvgIpc) is 2.60. The molecule has 14 heavy (non-hydrogen) atoms. The van der Waals surface area contributed by atoms with Gasteiger partial charge in [0, 0.05) is 5.92 Å². The molecule has 0 atom stereocenters. The summed E-state index contributed by atoms with van der Waals surface area (Å²) in [5, 5.41) is 8.85. The summed E-state index contributed by atoms with van der Waals surface area (Å²) in [7, 11) is 0. The predicted molar refractivity (Wildman–Crippen MR) is 52.8 cm³/mol. The topological polar surface area (TPSA) is 49.8 Å². The maximum Gasteiger partial charge on any atom is 0.198 e. The van der Waals surface area contributed by atoms with Crippen molar-refractivity contribution in [3.05, 3.63) is 29.7 Å². The summed E-state index contributed by atoms with van der Waals surface area (Å²) in [6.45, 7) is 4.02. The lowest BCUT2D eigenvalue weighted by molar-refractivity contribution is 0.501. The number of oxazole rings is 1. The first-order valence-electron chi connectivity index (χ1n) is 4.52. The second-order valence-electron chi connectivity index (χ2n) is 3.47. The minimum Gasteiger partial charge on any atom is -0.440 e. The average molecular weight is 186 g/mol. The lowest BCUT2D eigenvalue weighted by Gasteiger charge is -1.93. The summed E-state index contributed by atoms with van der Waals surface area (Å²) >= 11 is 0. The molecule has 0 aliphatic carbocycles. The number of aromatic nitrogens is 1. The highest BCUT2D eigenvalue weighted by molar-refractivity contribution is 5.79. The van der Waals surface area contributed by atoms with E-state index in [1.165, 1.54) is 0 Å². The summed E-state index contributed by atoms with van der Waals surface area (Å²) in [5.74, 6) is 0.927. The van der Waals surface area contributed by atoms with Gasteiger partial charge in [0.05, 0.1) is 5.56 Å². The summed E-state index contributed by atoms with van der Waals surface area (Å²) in [4.78, 5) is 4.29. The van der Waals surface area contributed by atoms with Gasteiger partial charge >= 0.3 is 0 Å². The smallest absolute Gasteiger partial charge is 0.198 e. The molecule has 0 saturated heterocycles. The van der Waals surface area contributed by atoms with Crippen LogP contribution in [0.3, 0.4) is 0 Å². The van der Waals surface area contributed by atoms with E-state index in [-0.39, 0.29) is 5.92 Å². The Balaban J connectivity index is 2.72. The van der Waals surface area contributed by atoms with Crippen LogP contribution < -0.4 is 0 Å². The summed E-state index contributed by atoms with van der Waals surface area (Å²) in [6, 6.07) is 7.47. The van der Waals surface area contributed by atoms with Gasteiger partial charge in [-0.05, 0) is 12.1 Å². The Labute approximate surface area is 82.0 Å². The third kappa shape index (κ3) is 1.25. The van der Waals surface area contributed by atoms with Crippen LogP contribution in [0.2, 0.25) is 0 Å². The number of hydrogen-bond acceptors (Lipinski definition) is 3. The van der Waals surface area contributed by atoms with Crippen molar-refractivity contribution < 1.29 is 4.42 Å². The second kappa shape index (κ2) is 3.15. The number of rotatable bonds is 1. The van der Waals surface area contributed by atoms with E-state index < -0.39 is 0 Å². The Kier molecular flexibility index (Phi) is 1.97. The van der Waals surface area contributed by atoms with Crippen LogP contribution in [0.5, 0.6) is 0 Å². The van der Waals surface area contributed by atoms with Crippen LogP contribution in [0.1, 0.15) is 31.2 Å². The van der Waals surface area contributed by atoms with Gasteiger partial charge in [-0.25, -0.2) is 4.98 Å². The van der Waals surface area contributed by atoms with Crippen LogP contribution in [0, 0.1) is 11.3 Å². The van der Waals surface area contributed by atoms with Gasteiger partial charge in [0.25, 0.3) is 0 Å². The Morgan fingerprint density at radius 3 is 2.86 bits per heavy atom. The molecule has 0 aliphatic heterocycles. The first-order valence-corrected chi connectivity index (χ1v) is 4.52. The van der Waals surface area contributed by atoms with Gasteiger partial charge in [0.15, 0.2) is 11.5 Å². The van der Waals surface area contributed by atoms with E-state index in [4.69, 9.17) is 9.68 Å². The van der Waals surface area contributed by atoms with E-state index in [0.717, 1.165) is 0 Å². The number of para-hydroxylation sites is 1. The van der Waals surface area contributed by atoms with Gasteiger partial charge in [-0.15, -0.1) is 0 Å². The molecular formula is C11H10N2O. The highest BCUT2D eigenvalue weighted by Gasteiger charge is 2.11. The Morgan fingerprint density at radius 2 is 2.21 bits per heavy atom. The third-order valence-electron chi connectivity index (χ3n) is 2.05. The third-order valence-corrected chi connectivity index (χ3v) is 2.05.